The standard InChI is InChI=1S/C14H19NO2S/c1-14(8-13(10-18-2)15-17-14)11-16-9-12-6-4-3-5-7-12/h3-7H,8-11H2,1-2H3. The lowest BCUT2D eigenvalue weighted by Crippen LogP contribution is -2.31. The lowest BCUT2D eigenvalue weighted by Gasteiger charge is -2.21. The first-order valence-corrected chi connectivity index (χ1v) is 7.46. The Hall–Kier alpha value is -1.00. The van der Waals surface area contributed by atoms with Gasteiger partial charge in [0, 0.05) is 12.2 Å². The SMILES string of the molecule is CSCC1=NOC(C)(COCc2ccccc2)C1. The first-order valence-electron chi connectivity index (χ1n) is 6.06. The molecular formula is C14H19NO2S. The van der Waals surface area contributed by atoms with Crippen molar-refractivity contribution in [2.75, 3.05) is 18.6 Å². The van der Waals surface area contributed by atoms with Crippen LogP contribution in [0.4, 0.5) is 0 Å². The molecule has 0 saturated heterocycles. The maximum absolute atomic E-state index is 5.73. The van der Waals surface area contributed by atoms with E-state index >= 15 is 0 Å². The van der Waals surface area contributed by atoms with Crippen LogP contribution in [-0.2, 0) is 16.2 Å². The molecule has 0 aliphatic carbocycles. The molecule has 2 rings (SSSR count). The minimum absolute atomic E-state index is 0.292. The van der Waals surface area contributed by atoms with Gasteiger partial charge in [-0.2, -0.15) is 11.8 Å². The van der Waals surface area contributed by atoms with Crippen molar-refractivity contribution in [2.45, 2.75) is 25.6 Å². The van der Waals surface area contributed by atoms with E-state index in [0.717, 1.165) is 17.9 Å². The van der Waals surface area contributed by atoms with Crippen molar-refractivity contribution in [3.05, 3.63) is 35.9 Å². The van der Waals surface area contributed by atoms with Gasteiger partial charge in [-0.1, -0.05) is 35.5 Å². The maximum atomic E-state index is 5.73. The van der Waals surface area contributed by atoms with Gasteiger partial charge in [-0.15, -0.1) is 0 Å². The zero-order valence-corrected chi connectivity index (χ0v) is 11.7. The van der Waals surface area contributed by atoms with Crippen LogP contribution >= 0.6 is 11.8 Å². The van der Waals surface area contributed by atoms with E-state index in [0.29, 0.717) is 13.2 Å². The van der Waals surface area contributed by atoms with Crippen molar-refractivity contribution in [3.8, 4) is 0 Å². The summed E-state index contributed by atoms with van der Waals surface area (Å²) in [7, 11) is 0. The second kappa shape index (κ2) is 6.25. The third kappa shape index (κ3) is 3.75. The number of thioether (sulfide) groups is 1. The van der Waals surface area contributed by atoms with Crippen molar-refractivity contribution in [1.82, 2.24) is 0 Å². The Morgan fingerprint density at radius 2 is 2.17 bits per heavy atom. The molecule has 1 unspecified atom stereocenters. The molecule has 98 valence electrons. The Kier molecular flexibility index (Phi) is 4.66. The van der Waals surface area contributed by atoms with Crippen LogP contribution in [0.5, 0.6) is 0 Å². The lowest BCUT2D eigenvalue weighted by atomic mass is 10.0. The van der Waals surface area contributed by atoms with Crippen molar-refractivity contribution in [2.24, 2.45) is 5.16 Å². The van der Waals surface area contributed by atoms with Gasteiger partial charge in [0.2, 0.25) is 0 Å². The summed E-state index contributed by atoms with van der Waals surface area (Å²) in [5, 5.41) is 4.12. The van der Waals surface area contributed by atoms with Gasteiger partial charge in [0.05, 0.1) is 18.9 Å². The summed E-state index contributed by atoms with van der Waals surface area (Å²) < 4.78 is 5.73. The van der Waals surface area contributed by atoms with E-state index in [4.69, 9.17) is 9.57 Å². The molecule has 0 saturated carbocycles. The van der Waals surface area contributed by atoms with Gasteiger partial charge < -0.3 is 9.57 Å². The normalized spacial score (nSPS) is 22.7. The number of nitrogens with zero attached hydrogens (tertiary/aromatic N) is 1. The fraction of sp³-hybridized carbons (Fsp3) is 0.500. The molecule has 1 atom stereocenters. The van der Waals surface area contributed by atoms with Crippen LogP contribution in [0.2, 0.25) is 0 Å². The molecular weight excluding hydrogens is 246 g/mol. The minimum atomic E-state index is -0.292. The van der Waals surface area contributed by atoms with Gasteiger partial charge in [-0.25, -0.2) is 0 Å². The predicted octanol–water partition coefficient (Wildman–Crippen LogP) is 3.10. The summed E-state index contributed by atoms with van der Waals surface area (Å²) >= 11 is 1.77. The highest BCUT2D eigenvalue weighted by Gasteiger charge is 2.34. The zero-order chi connectivity index (χ0) is 12.8. The highest BCUT2D eigenvalue weighted by Crippen LogP contribution is 2.25. The van der Waals surface area contributed by atoms with Crippen LogP contribution in [0, 0.1) is 0 Å². The maximum Gasteiger partial charge on any atom is 0.163 e. The second-order valence-electron chi connectivity index (χ2n) is 4.79. The topological polar surface area (TPSA) is 30.8 Å². The molecule has 4 heteroatoms. The molecule has 0 radical (unpaired) electrons. The van der Waals surface area contributed by atoms with Gasteiger partial charge in [-0.05, 0) is 18.7 Å². The van der Waals surface area contributed by atoms with Crippen LogP contribution in [-0.4, -0.2) is 29.9 Å². The third-order valence-corrected chi connectivity index (χ3v) is 3.42. The minimum Gasteiger partial charge on any atom is -0.387 e. The molecule has 0 bridgehead atoms. The van der Waals surface area contributed by atoms with Crippen LogP contribution < -0.4 is 0 Å². The average Bonchev–Trinajstić information content (AvgIpc) is 2.73. The first kappa shape index (κ1) is 13.4. The lowest BCUT2D eigenvalue weighted by molar-refractivity contribution is -0.0709. The molecule has 0 N–H and O–H groups in total. The van der Waals surface area contributed by atoms with E-state index in [1.54, 1.807) is 11.8 Å². The van der Waals surface area contributed by atoms with Crippen molar-refractivity contribution in [1.29, 1.82) is 0 Å². The van der Waals surface area contributed by atoms with Gasteiger partial charge in [0.15, 0.2) is 5.60 Å². The largest absolute Gasteiger partial charge is 0.387 e. The van der Waals surface area contributed by atoms with Gasteiger partial charge in [0.1, 0.15) is 0 Å². The molecule has 0 aromatic heterocycles. The van der Waals surface area contributed by atoms with Crippen LogP contribution in [0.3, 0.4) is 0 Å². The predicted molar refractivity (Wildman–Crippen MR) is 76.0 cm³/mol. The highest BCUT2D eigenvalue weighted by molar-refractivity contribution is 7.99. The Morgan fingerprint density at radius 1 is 1.39 bits per heavy atom. The molecule has 1 aromatic carbocycles. The van der Waals surface area contributed by atoms with E-state index < -0.39 is 0 Å². The molecule has 18 heavy (non-hydrogen) atoms. The summed E-state index contributed by atoms with van der Waals surface area (Å²) in [5.74, 6) is 0.939. The van der Waals surface area contributed by atoms with E-state index in [1.807, 2.05) is 18.2 Å². The van der Waals surface area contributed by atoms with Crippen molar-refractivity contribution in [3.63, 3.8) is 0 Å². The highest BCUT2D eigenvalue weighted by atomic mass is 32.2. The zero-order valence-electron chi connectivity index (χ0n) is 10.9. The molecule has 3 nitrogen and oxygen atoms in total. The summed E-state index contributed by atoms with van der Waals surface area (Å²) in [5.41, 5.74) is 2.01. The molecule has 0 amide bonds. The first-order chi connectivity index (χ1) is 8.72. The quantitative estimate of drug-likeness (QED) is 0.792. The third-order valence-electron chi connectivity index (χ3n) is 2.80. The number of ether oxygens (including phenoxy) is 1. The van der Waals surface area contributed by atoms with E-state index in [1.165, 1.54) is 5.56 Å². The van der Waals surface area contributed by atoms with Crippen molar-refractivity contribution >= 4 is 17.5 Å². The summed E-state index contributed by atoms with van der Waals surface area (Å²) in [6.45, 7) is 3.25. The van der Waals surface area contributed by atoms with Gasteiger partial charge in [-0.3, -0.25) is 0 Å². The van der Waals surface area contributed by atoms with Gasteiger partial charge in [0.25, 0.3) is 0 Å². The Bertz CT molecular complexity index is 408. The molecule has 1 heterocycles. The van der Waals surface area contributed by atoms with Crippen LogP contribution in [0.25, 0.3) is 0 Å². The summed E-state index contributed by atoms with van der Waals surface area (Å²) in [4.78, 5) is 5.49. The summed E-state index contributed by atoms with van der Waals surface area (Å²) in [6, 6.07) is 10.2. The number of rotatable bonds is 6. The van der Waals surface area contributed by atoms with Crippen molar-refractivity contribution < 1.29 is 9.57 Å². The van der Waals surface area contributed by atoms with E-state index in [-0.39, 0.29) is 5.60 Å². The van der Waals surface area contributed by atoms with E-state index in [9.17, 15) is 0 Å². The van der Waals surface area contributed by atoms with Crippen LogP contribution in [0.15, 0.2) is 35.5 Å². The molecule has 1 aromatic rings. The fourth-order valence-corrected chi connectivity index (χ4v) is 2.44. The summed E-state index contributed by atoms with van der Waals surface area (Å²) in [6.07, 6.45) is 2.94. The molecule has 0 spiro atoms. The number of benzene rings is 1. The smallest absolute Gasteiger partial charge is 0.163 e. The molecule has 0 fully saturated rings. The molecule has 1 aliphatic heterocycles. The monoisotopic (exact) mass is 265 g/mol. The second-order valence-corrected chi connectivity index (χ2v) is 5.65. The number of hydrogen-bond acceptors (Lipinski definition) is 4. The average molecular weight is 265 g/mol. The Balaban J connectivity index is 1.74. The number of oxime groups is 1. The van der Waals surface area contributed by atoms with Gasteiger partial charge >= 0.3 is 0 Å². The Labute approximate surface area is 113 Å². The van der Waals surface area contributed by atoms with E-state index in [2.05, 4.69) is 30.5 Å². The van der Waals surface area contributed by atoms with Crippen LogP contribution in [0.1, 0.15) is 18.9 Å². The number of hydrogen-bond donors (Lipinski definition) is 0. The fourth-order valence-electron chi connectivity index (χ4n) is 1.95. The Morgan fingerprint density at radius 3 is 2.89 bits per heavy atom. The molecule has 1 aliphatic rings.